The molecule has 1 fully saturated rings. The van der Waals surface area contributed by atoms with Gasteiger partial charge in [-0.1, -0.05) is 12.8 Å². The van der Waals surface area contributed by atoms with Crippen LogP contribution < -0.4 is 5.32 Å². The van der Waals surface area contributed by atoms with Crippen molar-refractivity contribution in [2.45, 2.75) is 45.4 Å². The molecule has 2 aromatic heterocycles. The van der Waals surface area contributed by atoms with Crippen LogP contribution in [-0.2, 0) is 0 Å². The Morgan fingerprint density at radius 2 is 2.05 bits per heavy atom. The van der Waals surface area contributed by atoms with E-state index in [0.29, 0.717) is 5.92 Å². The molecule has 0 saturated heterocycles. The van der Waals surface area contributed by atoms with Crippen LogP contribution in [0.15, 0.2) is 5.38 Å². The van der Waals surface area contributed by atoms with E-state index in [4.69, 9.17) is 9.97 Å². The van der Waals surface area contributed by atoms with Crippen LogP contribution in [0.1, 0.15) is 49.2 Å². The first kappa shape index (κ1) is 15.1. The predicted octanol–water partition coefficient (Wildman–Crippen LogP) is 4.60. The van der Waals surface area contributed by atoms with Crippen molar-refractivity contribution in [1.82, 2.24) is 15.0 Å². The summed E-state index contributed by atoms with van der Waals surface area (Å²) in [6, 6.07) is 0. The van der Waals surface area contributed by atoms with E-state index >= 15 is 0 Å². The third kappa shape index (κ3) is 3.21. The first-order valence-corrected chi connectivity index (χ1v) is 9.38. The van der Waals surface area contributed by atoms with E-state index in [2.05, 4.69) is 39.8 Å². The molecule has 0 spiro atoms. The number of thiazole rings is 1. The van der Waals surface area contributed by atoms with Gasteiger partial charge in [0.2, 0.25) is 0 Å². The number of halogens is 1. The standard InChI is InChI=1S/C15H19IN4S/c1-3-17-15-12(16)13(10-6-4-5-7-10)19-14(20-15)11-8-21-9(2)18-11/h8,10H,3-7H2,1-2H3,(H,17,19,20). The number of nitrogens with one attached hydrogen (secondary N) is 1. The molecule has 0 aliphatic heterocycles. The van der Waals surface area contributed by atoms with Crippen LogP contribution in [0.3, 0.4) is 0 Å². The van der Waals surface area contributed by atoms with E-state index in [1.807, 2.05) is 12.3 Å². The van der Waals surface area contributed by atoms with Gasteiger partial charge in [-0.3, -0.25) is 0 Å². The van der Waals surface area contributed by atoms with Gasteiger partial charge in [0, 0.05) is 17.8 Å². The lowest BCUT2D eigenvalue weighted by Crippen LogP contribution is -2.10. The van der Waals surface area contributed by atoms with Gasteiger partial charge in [-0.25, -0.2) is 15.0 Å². The monoisotopic (exact) mass is 414 g/mol. The molecule has 3 rings (SSSR count). The van der Waals surface area contributed by atoms with Gasteiger partial charge < -0.3 is 5.32 Å². The summed E-state index contributed by atoms with van der Waals surface area (Å²) in [4.78, 5) is 14.1. The Labute approximate surface area is 143 Å². The molecule has 21 heavy (non-hydrogen) atoms. The fourth-order valence-electron chi connectivity index (χ4n) is 2.80. The minimum Gasteiger partial charge on any atom is -0.369 e. The smallest absolute Gasteiger partial charge is 0.181 e. The van der Waals surface area contributed by atoms with Gasteiger partial charge in [0.15, 0.2) is 5.82 Å². The van der Waals surface area contributed by atoms with Crippen molar-refractivity contribution in [3.63, 3.8) is 0 Å². The minimum atomic E-state index is 0.579. The maximum absolute atomic E-state index is 4.87. The molecule has 2 heterocycles. The van der Waals surface area contributed by atoms with Gasteiger partial charge in [-0.15, -0.1) is 11.3 Å². The highest BCUT2D eigenvalue weighted by Gasteiger charge is 2.24. The number of anilines is 1. The molecule has 1 N–H and O–H groups in total. The summed E-state index contributed by atoms with van der Waals surface area (Å²) in [5.74, 6) is 2.30. The van der Waals surface area contributed by atoms with Crippen LogP contribution >= 0.6 is 33.9 Å². The molecule has 2 aromatic rings. The fraction of sp³-hybridized carbons (Fsp3) is 0.533. The number of aromatic nitrogens is 3. The average Bonchev–Trinajstić information content (AvgIpc) is 3.12. The van der Waals surface area contributed by atoms with Crippen LogP contribution in [0.25, 0.3) is 11.5 Å². The number of hydrogen-bond donors (Lipinski definition) is 1. The van der Waals surface area contributed by atoms with Crippen molar-refractivity contribution in [3.05, 3.63) is 19.7 Å². The van der Waals surface area contributed by atoms with Gasteiger partial charge in [0.1, 0.15) is 11.5 Å². The summed E-state index contributed by atoms with van der Waals surface area (Å²) in [6.07, 6.45) is 5.11. The summed E-state index contributed by atoms with van der Waals surface area (Å²) in [5.41, 5.74) is 2.10. The number of nitrogens with zero attached hydrogens (tertiary/aromatic N) is 3. The van der Waals surface area contributed by atoms with E-state index in [1.165, 1.54) is 34.9 Å². The van der Waals surface area contributed by atoms with Crippen molar-refractivity contribution >= 4 is 39.7 Å². The maximum atomic E-state index is 4.87. The molecule has 0 unspecified atom stereocenters. The molecule has 112 valence electrons. The molecule has 1 aliphatic carbocycles. The first-order chi connectivity index (χ1) is 10.2. The lowest BCUT2D eigenvalue weighted by Gasteiger charge is -2.15. The molecule has 4 nitrogen and oxygen atoms in total. The van der Waals surface area contributed by atoms with E-state index in [1.54, 1.807) is 11.3 Å². The number of rotatable bonds is 4. The van der Waals surface area contributed by atoms with Gasteiger partial charge in [0.25, 0.3) is 0 Å². The Hall–Kier alpha value is -0.760. The second-order valence-corrected chi connectivity index (χ2v) is 7.50. The molecular formula is C15H19IN4S. The zero-order valence-electron chi connectivity index (χ0n) is 12.3. The van der Waals surface area contributed by atoms with E-state index in [0.717, 1.165) is 28.9 Å². The van der Waals surface area contributed by atoms with Crippen LogP contribution in [0, 0.1) is 10.5 Å². The molecule has 6 heteroatoms. The first-order valence-electron chi connectivity index (χ1n) is 7.42. The van der Waals surface area contributed by atoms with Crippen molar-refractivity contribution in [2.75, 3.05) is 11.9 Å². The number of aryl methyl sites for hydroxylation is 1. The highest BCUT2D eigenvalue weighted by Crippen LogP contribution is 2.37. The van der Waals surface area contributed by atoms with Crippen molar-refractivity contribution in [3.8, 4) is 11.5 Å². The Kier molecular flexibility index (Phi) is 4.73. The molecule has 1 aliphatic rings. The lowest BCUT2D eigenvalue weighted by molar-refractivity contribution is 0.690. The Balaban J connectivity index is 2.07. The second kappa shape index (κ2) is 6.56. The van der Waals surface area contributed by atoms with E-state index in [-0.39, 0.29) is 0 Å². The molecule has 0 aromatic carbocycles. The normalized spacial score (nSPS) is 15.6. The number of hydrogen-bond acceptors (Lipinski definition) is 5. The van der Waals surface area contributed by atoms with Crippen molar-refractivity contribution < 1.29 is 0 Å². The third-order valence-electron chi connectivity index (χ3n) is 3.81. The van der Waals surface area contributed by atoms with Crippen molar-refractivity contribution in [1.29, 1.82) is 0 Å². The SMILES string of the molecule is CCNc1nc(-c2csc(C)n2)nc(C2CCCC2)c1I. The van der Waals surface area contributed by atoms with E-state index < -0.39 is 0 Å². The second-order valence-electron chi connectivity index (χ2n) is 5.36. The summed E-state index contributed by atoms with van der Waals surface area (Å²) >= 11 is 4.04. The third-order valence-corrected chi connectivity index (χ3v) is 5.65. The topological polar surface area (TPSA) is 50.7 Å². The van der Waals surface area contributed by atoms with Gasteiger partial charge in [0.05, 0.1) is 14.3 Å². The Morgan fingerprint density at radius 3 is 2.67 bits per heavy atom. The summed E-state index contributed by atoms with van der Waals surface area (Å²) in [5, 5.41) is 6.48. The predicted molar refractivity (Wildman–Crippen MR) is 96.0 cm³/mol. The quantitative estimate of drug-likeness (QED) is 0.743. The van der Waals surface area contributed by atoms with Gasteiger partial charge in [-0.2, -0.15) is 0 Å². The Bertz CT molecular complexity index is 635. The lowest BCUT2D eigenvalue weighted by atomic mass is 10.0. The zero-order chi connectivity index (χ0) is 14.8. The highest BCUT2D eigenvalue weighted by molar-refractivity contribution is 14.1. The van der Waals surface area contributed by atoms with Crippen molar-refractivity contribution in [2.24, 2.45) is 0 Å². The van der Waals surface area contributed by atoms with E-state index in [9.17, 15) is 0 Å². The largest absolute Gasteiger partial charge is 0.369 e. The average molecular weight is 414 g/mol. The van der Waals surface area contributed by atoms with Crippen LogP contribution in [-0.4, -0.2) is 21.5 Å². The highest BCUT2D eigenvalue weighted by atomic mass is 127. The summed E-state index contributed by atoms with van der Waals surface area (Å²) < 4.78 is 1.18. The van der Waals surface area contributed by atoms with Crippen LogP contribution in [0.5, 0.6) is 0 Å². The fourth-order valence-corrected chi connectivity index (χ4v) is 4.26. The van der Waals surface area contributed by atoms with Gasteiger partial charge in [-0.05, 0) is 49.3 Å². The summed E-state index contributed by atoms with van der Waals surface area (Å²) in [6.45, 7) is 4.98. The molecule has 0 amide bonds. The van der Waals surface area contributed by atoms with Crippen LogP contribution in [0.2, 0.25) is 0 Å². The zero-order valence-corrected chi connectivity index (χ0v) is 15.3. The Morgan fingerprint density at radius 1 is 1.29 bits per heavy atom. The summed E-state index contributed by atoms with van der Waals surface area (Å²) in [7, 11) is 0. The molecule has 0 radical (unpaired) electrons. The molecule has 1 saturated carbocycles. The van der Waals surface area contributed by atoms with Crippen LogP contribution in [0.4, 0.5) is 5.82 Å². The maximum Gasteiger partial charge on any atom is 0.181 e. The molecule has 0 bridgehead atoms. The molecular weight excluding hydrogens is 395 g/mol. The van der Waals surface area contributed by atoms with Gasteiger partial charge >= 0.3 is 0 Å². The molecule has 0 atom stereocenters. The minimum absolute atomic E-state index is 0.579.